The number of fused-ring (bicyclic) bond motifs is 1. The van der Waals surface area contributed by atoms with Crippen LogP contribution in [-0.4, -0.2) is 42.1 Å². The van der Waals surface area contributed by atoms with Crippen LogP contribution in [0.4, 0.5) is 20.2 Å². The van der Waals surface area contributed by atoms with E-state index >= 15 is 0 Å². The fourth-order valence-corrected chi connectivity index (χ4v) is 4.22. The van der Waals surface area contributed by atoms with Crippen LogP contribution in [0.3, 0.4) is 0 Å². The van der Waals surface area contributed by atoms with E-state index < -0.39 is 23.7 Å². The normalized spacial score (nSPS) is 20.0. The zero-order valence-corrected chi connectivity index (χ0v) is 17.9. The van der Waals surface area contributed by atoms with E-state index in [9.17, 15) is 18.4 Å². The smallest absolute Gasteiger partial charge is 0.241 e. The molecule has 0 saturated carbocycles. The van der Waals surface area contributed by atoms with Crippen LogP contribution in [0.25, 0.3) is 0 Å². The molecule has 1 fully saturated rings. The molecule has 2 heterocycles. The Morgan fingerprint density at radius 3 is 2.81 bits per heavy atom. The van der Waals surface area contributed by atoms with E-state index in [1.54, 1.807) is 24.3 Å². The topological polar surface area (TPSA) is 95.1 Å². The number of halogens is 2. The molecule has 11 heteroatoms. The lowest BCUT2D eigenvalue weighted by atomic mass is 10.0. The van der Waals surface area contributed by atoms with E-state index in [0.29, 0.717) is 29.8 Å². The van der Waals surface area contributed by atoms with E-state index in [1.165, 1.54) is 4.90 Å². The van der Waals surface area contributed by atoms with Crippen LogP contribution >= 0.6 is 11.8 Å². The highest BCUT2D eigenvalue weighted by molar-refractivity contribution is 8.14. The quantitative estimate of drug-likeness (QED) is 0.612. The summed E-state index contributed by atoms with van der Waals surface area (Å²) < 4.78 is 32.6. The first-order chi connectivity index (χ1) is 15.5. The second-order valence-electron chi connectivity index (χ2n) is 7.05. The van der Waals surface area contributed by atoms with Gasteiger partial charge in [0.25, 0.3) is 0 Å². The van der Waals surface area contributed by atoms with E-state index in [0.717, 1.165) is 30.0 Å². The van der Waals surface area contributed by atoms with Gasteiger partial charge >= 0.3 is 0 Å². The number of benzene rings is 2. The molecule has 2 amide bonds. The van der Waals surface area contributed by atoms with Crippen LogP contribution in [0.2, 0.25) is 0 Å². The summed E-state index contributed by atoms with van der Waals surface area (Å²) in [7, 11) is 0. The third-order valence-electron chi connectivity index (χ3n) is 4.87. The summed E-state index contributed by atoms with van der Waals surface area (Å²) >= 11 is 1.03. The summed E-state index contributed by atoms with van der Waals surface area (Å²) in [5.74, 6) is -1.99. The number of nitrogens with zero attached hydrogens (tertiary/aromatic N) is 2. The Kier molecular flexibility index (Phi) is 6.68. The average molecular weight is 461 g/mol. The number of hydrogen-bond donors (Lipinski definition) is 3. The molecule has 32 heavy (non-hydrogen) atoms. The summed E-state index contributed by atoms with van der Waals surface area (Å²) in [6, 6.07) is 9.82. The third kappa shape index (κ3) is 4.74. The zero-order chi connectivity index (χ0) is 22.7. The number of amides is 2. The predicted molar refractivity (Wildman–Crippen MR) is 118 cm³/mol. The van der Waals surface area contributed by atoms with Crippen LogP contribution in [-0.2, 0) is 9.59 Å². The number of anilines is 2. The SMILES string of the molecule is CCOc1ccc(N2C(=O)C3CNNC3N=C2SCC(=O)Nc2cc(F)ccc2F)cc1. The number of nitrogens with one attached hydrogen (secondary N) is 3. The number of ether oxygens (including phenoxy) is 1. The Hall–Kier alpha value is -3.02. The number of aliphatic imine (C=N–C) groups is 1. The molecule has 0 aliphatic carbocycles. The minimum absolute atomic E-state index is 0.152. The van der Waals surface area contributed by atoms with Crippen molar-refractivity contribution in [1.82, 2.24) is 10.9 Å². The molecule has 0 spiro atoms. The van der Waals surface area contributed by atoms with Gasteiger partial charge in [0, 0.05) is 12.6 Å². The lowest BCUT2D eigenvalue weighted by molar-refractivity contribution is -0.121. The van der Waals surface area contributed by atoms with Crippen molar-refractivity contribution in [2.45, 2.75) is 13.1 Å². The standard InChI is InChI=1S/C21H21F2N5O3S/c1-2-31-14-6-4-13(5-7-14)28-20(30)15-10-24-27-19(15)26-21(28)32-11-18(29)25-17-9-12(22)3-8-16(17)23/h3-9,15,19,24,27H,2,10-11H2,1H3,(H,25,29). The Labute approximate surface area is 187 Å². The van der Waals surface area contributed by atoms with Gasteiger partial charge in [0.1, 0.15) is 23.5 Å². The maximum atomic E-state index is 13.8. The van der Waals surface area contributed by atoms with Gasteiger partial charge in [0.05, 0.1) is 29.7 Å². The molecule has 3 N–H and O–H groups in total. The van der Waals surface area contributed by atoms with Gasteiger partial charge in [-0.15, -0.1) is 0 Å². The van der Waals surface area contributed by atoms with Gasteiger partial charge in [-0.3, -0.25) is 19.9 Å². The molecule has 2 atom stereocenters. The van der Waals surface area contributed by atoms with Crippen molar-refractivity contribution in [3.8, 4) is 5.75 Å². The molecule has 0 aromatic heterocycles. The van der Waals surface area contributed by atoms with Gasteiger partial charge in [-0.1, -0.05) is 11.8 Å². The molecule has 2 unspecified atom stereocenters. The van der Waals surface area contributed by atoms with Crippen LogP contribution in [0, 0.1) is 17.6 Å². The van der Waals surface area contributed by atoms with E-state index in [2.05, 4.69) is 21.2 Å². The number of thioether (sulfide) groups is 1. The Bertz CT molecular complexity index is 1050. The monoisotopic (exact) mass is 461 g/mol. The first kappa shape index (κ1) is 22.2. The van der Waals surface area contributed by atoms with Gasteiger partial charge < -0.3 is 10.1 Å². The van der Waals surface area contributed by atoms with Crippen molar-refractivity contribution >= 4 is 40.1 Å². The largest absolute Gasteiger partial charge is 0.494 e. The van der Waals surface area contributed by atoms with Gasteiger partial charge in [-0.25, -0.2) is 19.2 Å². The molecule has 2 aliphatic heterocycles. The number of hydrogen-bond acceptors (Lipinski definition) is 7. The van der Waals surface area contributed by atoms with E-state index in [1.807, 2.05) is 6.92 Å². The minimum atomic E-state index is -0.741. The number of rotatable bonds is 6. The minimum Gasteiger partial charge on any atom is -0.494 e. The number of carbonyl (C=O) groups excluding carboxylic acids is 2. The molecular weight excluding hydrogens is 440 g/mol. The molecule has 0 radical (unpaired) electrons. The molecule has 2 aliphatic rings. The van der Waals surface area contributed by atoms with E-state index in [4.69, 9.17) is 4.74 Å². The third-order valence-corrected chi connectivity index (χ3v) is 5.82. The van der Waals surface area contributed by atoms with Gasteiger partial charge in [0.2, 0.25) is 11.8 Å². The fraction of sp³-hybridized carbons (Fsp3) is 0.286. The molecule has 1 saturated heterocycles. The van der Waals surface area contributed by atoms with Crippen LogP contribution in [0.1, 0.15) is 6.92 Å². The number of hydrazine groups is 1. The van der Waals surface area contributed by atoms with Gasteiger partial charge in [0.15, 0.2) is 5.17 Å². The van der Waals surface area contributed by atoms with Gasteiger partial charge in [-0.2, -0.15) is 0 Å². The number of amidine groups is 1. The lowest BCUT2D eigenvalue weighted by Gasteiger charge is -2.32. The zero-order valence-electron chi connectivity index (χ0n) is 17.1. The van der Waals surface area contributed by atoms with Crippen molar-refractivity contribution in [3.63, 3.8) is 0 Å². The summed E-state index contributed by atoms with van der Waals surface area (Å²) in [5, 5.41) is 2.67. The molecular formula is C21H21F2N5O3S. The molecule has 168 valence electrons. The molecule has 2 aromatic carbocycles. The average Bonchev–Trinajstić information content (AvgIpc) is 3.25. The van der Waals surface area contributed by atoms with Crippen LogP contribution in [0.5, 0.6) is 5.75 Å². The second-order valence-corrected chi connectivity index (χ2v) is 7.99. The second kappa shape index (κ2) is 9.63. The Morgan fingerprint density at radius 1 is 1.28 bits per heavy atom. The highest BCUT2D eigenvalue weighted by Gasteiger charge is 2.42. The van der Waals surface area contributed by atoms with Crippen molar-refractivity contribution in [3.05, 3.63) is 54.1 Å². The van der Waals surface area contributed by atoms with E-state index in [-0.39, 0.29) is 23.3 Å². The Balaban J connectivity index is 1.52. The van der Waals surface area contributed by atoms with Gasteiger partial charge in [-0.05, 0) is 43.3 Å². The van der Waals surface area contributed by atoms with Crippen molar-refractivity contribution in [2.24, 2.45) is 10.9 Å². The van der Waals surface area contributed by atoms with Crippen molar-refractivity contribution < 1.29 is 23.1 Å². The first-order valence-corrected chi connectivity index (χ1v) is 11.0. The molecule has 2 aromatic rings. The highest BCUT2D eigenvalue weighted by atomic mass is 32.2. The predicted octanol–water partition coefficient (Wildman–Crippen LogP) is 2.49. The van der Waals surface area contributed by atoms with Crippen LogP contribution < -0.4 is 25.8 Å². The van der Waals surface area contributed by atoms with Crippen molar-refractivity contribution in [2.75, 3.05) is 29.1 Å². The molecule has 4 rings (SSSR count). The summed E-state index contributed by atoms with van der Waals surface area (Å²) in [5.41, 5.74) is 6.22. The van der Waals surface area contributed by atoms with Crippen LogP contribution in [0.15, 0.2) is 47.5 Å². The fourth-order valence-electron chi connectivity index (χ4n) is 3.37. The summed E-state index contributed by atoms with van der Waals surface area (Å²) in [6.45, 7) is 2.83. The lowest BCUT2D eigenvalue weighted by Crippen LogP contribution is -2.49. The highest BCUT2D eigenvalue weighted by Crippen LogP contribution is 2.30. The maximum absolute atomic E-state index is 13.8. The Morgan fingerprint density at radius 2 is 2.06 bits per heavy atom. The number of carbonyl (C=O) groups is 2. The summed E-state index contributed by atoms with van der Waals surface area (Å²) in [4.78, 5) is 31.6. The molecule has 8 nitrogen and oxygen atoms in total. The first-order valence-electron chi connectivity index (χ1n) is 9.97. The maximum Gasteiger partial charge on any atom is 0.241 e. The summed E-state index contributed by atoms with van der Waals surface area (Å²) in [6.07, 6.45) is -0.451. The molecule has 0 bridgehead atoms. The van der Waals surface area contributed by atoms with Crippen molar-refractivity contribution in [1.29, 1.82) is 0 Å².